The number of carboxylic acids is 1. The molecule has 0 fully saturated rings. The van der Waals surface area contributed by atoms with Gasteiger partial charge in [-0.05, 0) is 17.5 Å². The van der Waals surface area contributed by atoms with Gasteiger partial charge < -0.3 is 15.2 Å². The van der Waals surface area contributed by atoms with Crippen LogP contribution < -0.4 is 0 Å². The van der Waals surface area contributed by atoms with Gasteiger partial charge in [-0.3, -0.25) is 4.79 Å². The number of hydrogen-bond acceptors (Lipinski definition) is 4. The van der Waals surface area contributed by atoms with Crippen molar-refractivity contribution in [2.24, 2.45) is 0 Å². The monoisotopic (exact) mass is 263 g/mol. The highest BCUT2D eigenvalue weighted by Crippen LogP contribution is 2.24. The van der Waals surface area contributed by atoms with E-state index in [0.717, 1.165) is 10.6 Å². The molecule has 3 N–H and O–H groups in total. The van der Waals surface area contributed by atoms with Crippen molar-refractivity contribution in [2.45, 2.75) is 0 Å². The molecule has 2 aromatic rings. The molecule has 0 aliphatic carbocycles. The molecule has 0 spiro atoms. The maximum atomic E-state index is 11.6. The molecule has 0 bridgehead atoms. The van der Waals surface area contributed by atoms with Crippen molar-refractivity contribution in [2.75, 3.05) is 0 Å². The summed E-state index contributed by atoms with van der Waals surface area (Å²) in [6, 6.07) is 5.40. The number of allylic oxidation sites excluding steroid dienone is 1. The first-order valence-electron chi connectivity index (χ1n) is 4.98. The Morgan fingerprint density at radius 2 is 2.11 bits per heavy atom. The molecule has 0 atom stereocenters. The minimum absolute atomic E-state index is 0.297. The van der Waals surface area contributed by atoms with Crippen molar-refractivity contribution in [1.29, 1.82) is 0 Å². The van der Waals surface area contributed by atoms with Crippen LogP contribution in [0, 0.1) is 0 Å². The van der Waals surface area contributed by atoms with E-state index in [1.54, 1.807) is 6.07 Å². The fourth-order valence-electron chi connectivity index (χ4n) is 1.38. The minimum atomic E-state index is -1.53. The number of aromatic amines is 1. The highest BCUT2D eigenvalue weighted by molar-refractivity contribution is 7.13. The van der Waals surface area contributed by atoms with Crippen LogP contribution in [0.1, 0.15) is 10.4 Å². The molecule has 2 heterocycles. The Morgan fingerprint density at radius 3 is 2.72 bits per heavy atom. The molecule has 92 valence electrons. The van der Waals surface area contributed by atoms with Crippen LogP contribution in [-0.2, 0) is 4.79 Å². The van der Waals surface area contributed by atoms with Crippen LogP contribution in [-0.4, -0.2) is 26.9 Å². The van der Waals surface area contributed by atoms with E-state index < -0.39 is 17.5 Å². The summed E-state index contributed by atoms with van der Waals surface area (Å²) in [5.74, 6) is -3.06. The van der Waals surface area contributed by atoms with Crippen molar-refractivity contribution in [3.8, 4) is 10.6 Å². The third kappa shape index (κ3) is 2.49. The van der Waals surface area contributed by atoms with Gasteiger partial charge in [0.25, 0.3) is 0 Å². The lowest BCUT2D eigenvalue weighted by molar-refractivity contribution is -0.135. The van der Waals surface area contributed by atoms with Crippen LogP contribution >= 0.6 is 11.3 Å². The van der Waals surface area contributed by atoms with Crippen LogP contribution in [0.2, 0.25) is 0 Å². The molecule has 2 aromatic heterocycles. The van der Waals surface area contributed by atoms with E-state index in [9.17, 15) is 9.59 Å². The first-order valence-corrected chi connectivity index (χ1v) is 5.86. The standard InChI is InChI=1S/C12H9NO4S/c14-9(5-10(15)12(16)17)7-4-8(13-6-7)11-2-1-3-18-11/h1-6,13,15H,(H,16,17). The molecule has 6 heteroatoms. The van der Waals surface area contributed by atoms with Crippen LogP contribution in [0.15, 0.2) is 41.6 Å². The summed E-state index contributed by atoms with van der Waals surface area (Å²) in [6.45, 7) is 0. The predicted octanol–water partition coefficient (Wildman–Crippen LogP) is 2.45. The van der Waals surface area contributed by atoms with E-state index in [1.807, 2.05) is 17.5 Å². The second kappa shape index (κ2) is 4.89. The fraction of sp³-hybridized carbons (Fsp3) is 0. The molecule has 2 rings (SSSR count). The number of carbonyl (C=O) groups is 2. The summed E-state index contributed by atoms with van der Waals surface area (Å²) in [6.07, 6.45) is 2.16. The van der Waals surface area contributed by atoms with Crippen molar-refractivity contribution in [3.05, 3.63) is 47.2 Å². The van der Waals surface area contributed by atoms with Crippen molar-refractivity contribution >= 4 is 23.1 Å². The van der Waals surface area contributed by atoms with Crippen molar-refractivity contribution in [1.82, 2.24) is 4.98 Å². The summed E-state index contributed by atoms with van der Waals surface area (Å²) in [7, 11) is 0. The Labute approximate surface area is 106 Å². The van der Waals surface area contributed by atoms with Crippen LogP contribution in [0.5, 0.6) is 0 Å². The van der Waals surface area contributed by atoms with E-state index in [-0.39, 0.29) is 0 Å². The largest absolute Gasteiger partial charge is 0.502 e. The molecule has 0 aliphatic rings. The Bertz CT molecular complexity index is 610. The zero-order chi connectivity index (χ0) is 13.1. The number of aliphatic carboxylic acids is 1. The Kier molecular flexibility index (Phi) is 3.29. The molecular formula is C12H9NO4S. The summed E-state index contributed by atoms with van der Waals surface area (Å²) >= 11 is 1.52. The second-order valence-corrected chi connectivity index (χ2v) is 4.43. The van der Waals surface area contributed by atoms with Gasteiger partial charge in [-0.15, -0.1) is 11.3 Å². The molecule has 0 saturated heterocycles. The lowest BCUT2D eigenvalue weighted by atomic mass is 10.2. The molecule has 0 amide bonds. The van der Waals surface area contributed by atoms with Gasteiger partial charge in [-0.1, -0.05) is 6.07 Å². The maximum Gasteiger partial charge on any atom is 0.371 e. The quantitative estimate of drug-likeness (QED) is 0.449. The summed E-state index contributed by atoms with van der Waals surface area (Å²) in [5.41, 5.74) is 1.07. The average molecular weight is 263 g/mol. The number of aliphatic hydroxyl groups excluding tert-OH is 1. The smallest absolute Gasteiger partial charge is 0.371 e. The molecule has 18 heavy (non-hydrogen) atoms. The fourth-order valence-corrected chi connectivity index (χ4v) is 2.09. The molecule has 0 saturated carbocycles. The van der Waals surface area contributed by atoms with Gasteiger partial charge in [-0.2, -0.15) is 0 Å². The van der Waals surface area contributed by atoms with Gasteiger partial charge in [0.05, 0.1) is 10.6 Å². The number of carbonyl (C=O) groups excluding carboxylic acids is 1. The second-order valence-electron chi connectivity index (χ2n) is 3.48. The zero-order valence-corrected chi connectivity index (χ0v) is 9.90. The van der Waals surface area contributed by atoms with Crippen LogP contribution in [0.4, 0.5) is 0 Å². The number of aliphatic hydroxyl groups is 1. The Morgan fingerprint density at radius 1 is 1.33 bits per heavy atom. The number of ketones is 1. The Balaban J connectivity index is 2.23. The van der Waals surface area contributed by atoms with E-state index in [0.29, 0.717) is 11.6 Å². The van der Waals surface area contributed by atoms with Gasteiger partial charge >= 0.3 is 5.97 Å². The number of aromatic nitrogens is 1. The molecule has 5 nitrogen and oxygen atoms in total. The molecule has 0 aromatic carbocycles. The van der Waals surface area contributed by atoms with E-state index in [2.05, 4.69) is 4.98 Å². The first-order chi connectivity index (χ1) is 8.58. The number of hydrogen-bond donors (Lipinski definition) is 3. The maximum absolute atomic E-state index is 11.6. The normalized spacial score (nSPS) is 11.4. The van der Waals surface area contributed by atoms with Gasteiger partial charge in [-0.25, -0.2) is 4.79 Å². The topological polar surface area (TPSA) is 90.4 Å². The predicted molar refractivity (Wildman–Crippen MR) is 66.8 cm³/mol. The molecule has 0 unspecified atom stereocenters. The third-order valence-corrected chi connectivity index (χ3v) is 3.14. The number of rotatable bonds is 4. The number of carboxylic acid groups (broad SMARTS) is 1. The van der Waals surface area contributed by atoms with E-state index in [1.165, 1.54) is 17.5 Å². The van der Waals surface area contributed by atoms with Crippen LogP contribution in [0.25, 0.3) is 10.6 Å². The van der Waals surface area contributed by atoms with Gasteiger partial charge in [0.15, 0.2) is 5.78 Å². The summed E-state index contributed by atoms with van der Waals surface area (Å²) in [5, 5.41) is 19.3. The van der Waals surface area contributed by atoms with Gasteiger partial charge in [0.2, 0.25) is 5.76 Å². The SMILES string of the molecule is O=C(O)C(O)=CC(=O)c1c[nH]c(-c2cccs2)c1. The van der Waals surface area contributed by atoms with E-state index >= 15 is 0 Å². The summed E-state index contributed by atoms with van der Waals surface area (Å²) in [4.78, 5) is 25.9. The zero-order valence-electron chi connectivity index (χ0n) is 9.08. The minimum Gasteiger partial charge on any atom is -0.502 e. The van der Waals surface area contributed by atoms with Gasteiger partial charge in [0.1, 0.15) is 0 Å². The molecular weight excluding hydrogens is 254 g/mol. The number of thiophene rings is 1. The average Bonchev–Trinajstić information content (AvgIpc) is 2.99. The van der Waals surface area contributed by atoms with Gasteiger partial charge in [0, 0.05) is 17.8 Å². The number of H-pyrrole nitrogens is 1. The van der Waals surface area contributed by atoms with Crippen molar-refractivity contribution < 1.29 is 19.8 Å². The lowest BCUT2D eigenvalue weighted by Crippen LogP contribution is -2.03. The number of nitrogens with one attached hydrogen (secondary N) is 1. The van der Waals surface area contributed by atoms with Crippen LogP contribution in [0.3, 0.4) is 0 Å². The summed E-state index contributed by atoms with van der Waals surface area (Å²) < 4.78 is 0. The first kappa shape index (κ1) is 12.1. The van der Waals surface area contributed by atoms with E-state index in [4.69, 9.17) is 10.2 Å². The Hall–Kier alpha value is -2.34. The van der Waals surface area contributed by atoms with Crippen molar-refractivity contribution in [3.63, 3.8) is 0 Å². The lowest BCUT2D eigenvalue weighted by Gasteiger charge is -1.91. The molecule has 0 aliphatic heterocycles. The third-order valence-electron chi connectivity index (χ3n) is 2.24. The highest BCUT2D eigenvalue weighted by atomic mass is 32.1. The molecule has 0 radical (unpaired) electrons. The highest BCUT2D eigenvalue weighted by Gasteiger charge is 2.11.